The van der Waals surface area contributed by atoms with Crippen LogP contribution in [0.4, 0.5) is 5.69 Å². The zero-order valence-electron chi connectivity index (χ0n) is 24.6. The summed E-state index contributed by atoms with van der Waals surface area (Å²) < 4.78 is 45.5. The maximum Gasteiger partial charge on any atom is 0.269 e. The second-order valence-corrected chi connectivity index (χ2v) is 11.9. The number of sulfonamides is 1. The Balaban J connectivity index is 1.70. The van der Waals surface area contributed by atoms with Gasteiger partial charge in [-0.2, -0.15) is 4.31 Å². The van der Waals surface area contributed by atoms with Crippen LogP contribution in [0.5, 0.6) is 11.5 Å². The number of nitro groups is 1. The first-order valence-electron chi connectivity index (χ1n) is 14.1. The molecule has 0 amide bonds. The van der Waals surface area contributed by atoms with Crippen molar-refractivity contribution in [3.05, 3.63) is 107 Å². The highest BCUT2D eigenvalue weighted by Crippen LogP contribution is 2.31. The molecule has 0 aromatic heterocycles. The summed E-state index contributed by atoms with van der Waals surface area (Å²) in [7, 11) is -1.24. The summed E-state index contributed by atoms with van der Waals surface area (Å²) in [5, 5.41) is 22.3. The van der Waals surface area contributed by atoms with Gasteiger partial charge in [-0.3, -0.25) is 10.1 Å². The fourth-order valence-corrected chi connectivity index (χ4v) is 6.30. The molecule has 0 radical (unpaired) electrons. The Morgan fingerprint density at radius 2 is 1.67 bits per heavy atom. The second-order valence-electron chi connectivity index (χ2n) is 10.0. The minimum Gasteiger partial charge on any atom is -0.497 e. The van der Waals surface area contributed by atoms with Crippen LogP contribution >= 0.6 is 0 Å². The number of non-ortho nitro benzene ring substituents is 1. The largest absolute Gasteiger partial charge is 0.497 e. The van der Waals surface area contributed by atoms with Crippen molar-refractivity contribution in [2.75, 3.05) is 20.8 Å². The van der Waals surface area contributed by atoms with Crippen LogP contribution in [0, 0.1) is 10.1 Å². The van der Waals surface area contributed by atoms with Gasteiger partial charge in [0.15, 0.2) is 0 Å². The van der Waals surface area contributed by atoms with E-state index in [1.165, 1.54) is 32.4 Å². The van der Waals surface area contributed by atoms with E-state index in [0.717, 1.165) is 41.3 Å². The van der Waals surface area contributed by atoms with Gasteiger partial charge in [0.25, 0.3) is 5.69 Å². The smallest absolute Gasteiger partial charge is 0.269 e. The van der Waals surface area contributed by atoms with E-state index >= 15 is 0 Å². The van der Waals surface area contributed by atoms with Crippen LogP contribution in [0.25, 0.3) is 0 Å². The van der Waals surface area contributed by atoms with Crippen LogP contribution in [-0.2, 0) is 27.9 Å². The molecule has 0 heterocycles. The number of hydrogen-bond acceptors (Lipinski definition) is 8. The third-order valence-corrected chi connectivity index (χ3v) is 8.95. The van der Waals surface area contributed by atoms with Crippen molar-refractivity contribution < 1.29 is 32.7 Å². The van der Waals surface area contributed by atoms with Crippen molar-refractivity contribution in [3.8, 4) is 11.5 Å². The average molecular weight is 613 g/mol. The molecule has 0 unspecified atom stereocenters. The molecule has 3 rings (SSSR count). The highest BCUT2D eigenvalue weighted by molar-refractivity contribution is 7.89. The van der Waals surface area contributed by atoms with Gasteiger partial charge in [0, 0.05) is 36.9 Å². The normalized spacial score (nSPS) is 12.9. The second kappa shape index (κ2) is 16.8. The molecule has 43 heavy (non-hydrogen) atoms. The van der Waals surface area contributed by atoms with Crippen molar-refractivity contribution in [2.24, 2.45) is 0 Å². The van der Waals surface area contributed by atoms with E-state index in [1.54, 1.807) is 18.2 Å². The van der Waals surface area contributed by atoms with Crippen molar-refractivity contribution in [3.63, 3.8) is 0 Å². The highest BCUT2D eigenvalue weighted by atomic mass is 32.2. The number of aliphatic hydroxyl groups is 1. The monoisotopic (exact) mass is 612 g/mol. The number of aliphatic hydroxyl groups excluding tert-OH is 1. The van der Waals surface area contributed by atoms with Crippen molar-refractivity contribution in [2.45, 2.75) is 62.3 Å². The van der Waals surface area contributed by atoms with E-state index in [9.17, 15) is 23.6 Å². The molecule has 232 valence electrons. The predicted molar refractivity (Wildman–Crippen MR) is 165 cm³/mol. The van der Waals surface area contributed by atoms with Gasteiger partial charge in [0.05, 0.1) is 42.8 Å². The van der Waals surface area contributed by atoms with Crippen LogP contribution in [0.2, 0.25) is 0 Å². The van der Waals surface area contributed by atoms with Crippen LogP contribution < -0.4 is 9.47 Å². The minimum absolute atomic E-state index is 0.139. The number of nitro benzene ring substituents is 1. The van der Waals surface area contributed by atoms with E-state index in [0.29, 0.717) is 43.1 Å². The maximum absolute atomic E-state index is 13.9. The van der Waals surface area contributed by atoms with Gasteiger partial charge >= 0.3 is 0 Å². The molecule has 2 atom stereocenters. The zero-order valence-corrected chi connectivity index (χ0v) is 25.4. The quantitative estimate of drug-likeness (QED) is 0.0769. The van der Waals surface area contributed by atoms with Gasteiger partial charge < -0.3 is 19.3 Å². The van der Waals surface area contributed by atoms with Gasteiger partial charge in [-0.25, -0.2) is 8.42 Å². The van der Waals surface area contributed by atoms with Gasteiger partial charge in [0.2, 0.25) is 10.0 Å². The lowest BCUT2D eigenvalue weighted by molar-refractivity contribution is -0.384. The van der Waals surface area contributed by atoms with Crippen LogP contribution in [0.3, 0.4) is 0 Å². The molecular weight excluding hydrogens is 572 g/mol. The summed E-state index contributed by atoms with van der Waals surface area (Å²) in [5.41, 5.74) is 1.44. The predicted octanol–water partition coefficient (Wildman–Crippen LogP) is 5.89. The van der Waals surface area contributed by atoms with Crippen LogP contribution in [-0.4, -0.2) is 55.7 Å². The van der Waals surface area contributed by atoms with E-state index in [-0.39, 0.29) is 17.1 Å². The summed E-state index contributed by atoms with van der Waals surface area (Å²) >= 11 is 0. The van der Waals surface area contributed by atoms with Crippen molar-refractivity contribution >= 4 is 15.7 Å². The number of ether oxygens (including phenoxy) is 3. The molecule has 0 bridgehead atoms. The molecule has 1 N–H and O–H groups in total. The summed E-state index contributed by atoms with van der Waals surface area (Å²) in [5.74, 6) is 0.950. The molecule has 3 aromatic rings. The Morgan fingerprint density at radius 3 is 2.30 bits per heavy atom. The highest BCUT2D eigenvalue weighted by Gasteiger charge is 2.35. The lowest BCUT2D eigenvalue weighted by atomic mass is 10.0. The summed E-state index contributed by atoms with van der Waals surface area (Å²) in [6, 6.07) is 18.7. The number of hydrogen-bond donors (Lipinski definition) is 1. The molecule has 11 heteroatoms. The molecule has 10 nitrogen and oxygen atoms in total. The van der Waals surface area contributed by atoms with Crippen molar-refractivity contribution in [1.29, 1.82) is 0 Å². The van der Waals surface area contributed by atoms with E-state index in [1.807, 2.05) is 30.3 Å². The van der Waals surface area contributed by atoms with E-state index < -0.39 is 27.1 Å². The first kappa shape index (κ1) is 33.7. The van der Waals surface area contributed by atoms with E-state index in [2.05, 4.69) is 6.58 Å². The van der Waals surface area contributed by atoms with Gasteiger partial charge in [-0.05, 0) is 36.6 Å². The Hall–Kier alpha value is -3.77. The summed E-state index contributed by atoms with van der Waals surface area (Å²) in [6.45, 7) is 4.90. The molecule has 0 saturated heterocycles. The van der Waals surface area contributed by atoms with Gasteiger partial charge in [0.1, 0.15) is 11.5 Å². The first-order valence-corrected chi connectivity index (χ1v) is 15.5. The Kier molecular flexibility index (Phi) is 13.1. The Bertz CT molecular complexity index is 1420. The molecule has 0 aliphatic rings. The zero-order chi connectivity index (χ0) is 31.2. The van der Waals surface area contributed by atoms with Gasteiger partial charge in [-0.1, -0.05) is 61.7 Å². The molecular formula is C32H40N2O8S. The average Bonchev–Trinajstić information content (AvgIpc) is 3.02. The van der Waals surface area contributed by atoms with Crippen molar-refractivity contribution in [1.82, 2.24) is 4.31 Å². The summed E-state index contributed by atoms with van der Waals surface area (Å²) in [4.78, 5) is 10.4. The van der Waals surface area contributed by atoms with E-state index in [4.69, 9.17) is 14.2 Å². The minimum atomic E-state index is -4.23. The number of benzene rings is 3. The molecule has 0 spiro atoms. The number of rotatable bonds is 19. The number of unbranched alkanes of at least 4 members (excludes halogenated alkanes) is 3. The molecule has 0 aliphatic carbocycles. The fourth-order valence-electron chi connectivity index (χ4n) is 4.69. The first-order chi connectivity index (χ1) is 20.7. The van der Waals surface area contributed by atoms with Gasteiger partial charge in [-0.15, -0.1) is 6.58 Å². The molecule has 0 fully saturated rings. The maximum atomic E-state index is 13.9. The number of nitrogens with zero attached hydrogens (tertiary/aromatic N) is 2. The summed E-state index contributed by atoms with van der Waals surface area (Å²) in [6.07, 6.45) is 4.05. The third kappa shape index (κ3) is 9.62. The standard InChI is InChI=1S/C32H40N2O8S/c1-4-30(31(35)14-10-5-6-11-21-42-24-25-12-8-7-9-13-25)33(23-26-15-18-28(40-2)22-32(26)41-3)43(38,39)29-19-16-27(17-20-29)34(36)37/h4,7-9,12-13,15-20,22,30-31,35H,1,5-6,10-11,14,21,23-24H2,2-3H3/t30-,31+/m1/s1. The molecule has 0 saturated carbocycles. The fraction of sp³-hybridized carbons (Fsp3) is 0.375. The van der Waals surface area contributed by atoms with Crippen LogP contribution in [0.15, 0.2) is 90.3 Å². The lowest BCUT2D eigenvalue weighted by Gasteiger charge is -2.32. The lowest BCUT2D eigenvalue weighted by Crippen LogP contribution is -2.45. The van der Waals surface area contributed by atoms with Crippen LogP contribution in [0.1, 0.15) is 43.2 Å². The SMILES string of the molecule is C=C[C@H]([C@@H](O)CCCCCCOCc1ccccc1)N(Cc1ccc(OC)cc1OC)S(=O)(=O)c1ccc([N+](=O)[O-])cc1. The topological polar surface area (TPSA) is 128 Å². The Labute approximate surface area is 253 Å². The Morgan fingerprint density at radius 1 is 0.977 bits per heavy atom. The third-order valence-electron chi connectivity index (χ3n) is 7.09. The number of methoxy groups -OCH3 is 2. The molecule has 0 aliphatic heterocycles. The molecule has 3 aromatic carbocycles.